The second-order valence-electron chi connectivity index (χ2n) is 5.63. The Bertz CT molecular complexity index is 345. The van der Waals surface area contributed by atoms with Crippen LogP contribution in [0.3, 0.4) is 0 Å². The number of hydrogen-bond acceptors (Lipinski definition) is 2. The smallest absolute Gasteiger partial charge is 0.108 e. The third kappa shape index (κ3) is 3.35. The molecular weight excluding hydrogens is 222 g/mol. The van der Waals surface area contributed by atoms with Gasteiger partial charge in [0.25, 0.3) is 0 Å². The fourth-order valence-electron chi connectivity index (χ4n) is 3.25. The molecule has 1 saturated carbocycles. The SMILES string of the molecule is CCCn1ccnc1CC1CCCCCC1CN. The molecule has 2 N–H and O–H groups in total. The molecule has 1 aromatic rings. The fraction of sp³-hybridized carbons (Fsp3) is 0.800. The summed E-state index contributed by atoms with van der Waals surface area (Å²) in [6, 6.07) is 0. The van der Waals surface area contributed by atoms with Gasteiger partial charge in [0.1, 0.15) is 5.82 Å². The van der Waals surface area contributed by atoms with Crippen LogP contribution in [0.25, 0.3) is 0 Å². The maximum atomic E-state index is 5.96. The van der Waals surface area contributed by atoms with E-state index in [9.17, 15) is 0 Å². The van der Waals surface area contributed by atoms with Crippen LogP contribution in [0.2, 0.25) is 0 Å². The van der Waals surface area contributed by atoms with Gasteiger partial charge >= 0.3 is 0 Å². The average molecular weight is 249 g/mol. The van der Waals surface area contributed by atoms with Gasteiger partial charge in [0.2, 0.25) is 0 Å². The van der Waals surface area contributed by atoms with Crippen molar-refractivity contribution in [2.45, 2.75) is 58.4 Å². The zero-order valence-electron chi connectivity index (χ0n) is 11.6. The maximum Gasteiger partial charge on any atom is 0.108 e. The first-order chi connectivity index (χ1) is 8.85. The largest absolute Gasteiger partial charge is 0.335 e. The number of rotatable bonds is 5. The molecule has 0 amide bonds. The molecule has 3 nitrogen and oxygen atoms in total. The minimum absolute atomic E-state index is 0.708. The number of aromatic nitrogens is 2. The third-order valence-corrected chi connectivity index (χ3v) is 4.33. The van der Waals surface area contributed by atoms with Gasteiger partial charge in [-0.1, -0.05) is 26.2 Å². The zero-order chi connectivity index (χ0) is 12.8. The Kier molecular flexibility index (Phi) is 5.24. The van der Waals surface area contributed by atoms with E-state index in [0.29, 0.717) is 5.92 Å². The molecule has 0 radical (unpaired) electrons. The quantitative estimate of drug-likeness (QED) is 0.815. The first-order valence-electron chi connectivity index (χ1n) is 7.55. The molecule has 0 bridgehead atoms. The molecule has 18 heavy (non-hydrogen) atoms. The molecule has 0 aromatic carbocycles. The maximum absolute atomic E-state index is 5.96. The molecule has 102 valence electrons. The minimum atomic E-state index is 0.708. The lowest BCUT2D eigenvalue weighted by Gasteiger charge is -2.23. The van der Waals surface area contributed by atoms with Crippen LogP contribution >= 0.6 is 0 Å². The normalized spacial score (nSPS) is 25.0. The lowest BCUT2D eigenvalue weighted by Crippen LogP contribution is -2.25. The molecule has 0 aliphatic heterocycles. The zero-order valence-corrected chi connectivity index (χ0v) is 11.6. The summed E-state index contributed by atoms with van der Waals surface area (Å²) in [6.07, 6.45) is 13.1. The van der Waals surface area contributed by atoms with Gasteiger partial charge in [-0.25, -0.2) is 4.98 Å². The van der Waals surface area contributed by atoms with Gasteiger partial charge in [0.15, 0.2) is 0 Å². The van der Waals surface area contributed by atoms with Crippen molar-refractivity contribution in [3.8, 4) is 0 Å². The van der Waals surface area contributed by atoms with E-state index in [0.717, 1.165) is 25.4 Å². The Morgan fingerprint density at radius 1 is 1.28 bits per heavy atom. The standard InChI is InChI=1S/C15H27N3/c1-2-9-18-10-8-17-15(18)11-13-6-4-3-5-7-14(13)12-16/h8,10,13-14H,2-7,9,11-12,16H2,1H3. The highest BCUT2D eigenvalue weighted by Gasteiger charge is 2.24. The summed E-state index contributed by atoms with van der Waals surface area (Å²) in [4.78, 5) is 4.55. The Labute approximate surface area is 111 Å². The molecule has 3 heteroatoms. The topological polar surface area (TPSA) is 43.8 Å². The lowest BCUT2D eigenvalue weighted by molar-refractivity contribution is 0.310. The Morgan fingerprint density at radius 3 is 2.78 bits per heavy atom. The van der Waals surface area contributed by atoms with Crippen LogP contribution in [0.15, 0.2) is 12.4 Å². The molecule has 0 saturated heterocycles. The third-order valence-electron chi connectivity index (χ3n) is 4.33. The molecule has 1 aromatic heterocycles. The summed E-state index contributed by atoms with van der Waals surface area (Å²) in [5, 5.41) is 0. The van der Waals surface area contributed by atoms with Crippen LogP contribution < -0.4 is 5.73 Å². The van der Waals surface area contributed by atoms with Gasteiger partial charge in [0.05, 0.1) is 0 Å². The van der Waals surface area contributed by atoms with Gasteiger partial charge in [-0.05, 0) is 37.6 Å². The number of nitrogens with two attached hydrogens (primary N) is 1. The van der Waals surface area contributed by atoms with Gasteiger partial charge in [-0.15, -0.1) is 0 Å². The van der Waals surface area contributed by atoms with Crippen molar-refractivity contribution in [2.24, 2.45) is 17.6 Å². The fourth-order valence-corrected chi connectivity index (χ4v) is 3.25. The minimum Gasteiger partial charge on any atom is -0.335 e. The van der Waals surface area contributed by atoms with E-state index in [1.54, 1.807) is 0 Å². The highest BCUT2D eigenvalue weighted by Crippen LogP contribution is 2.30. The Balaban J connectivity index is 2.03. The summed E-state index contributed by atoms with van der Waals surface area (Å²) >= 11 is 0. The number of hydrogen-bond donors (Lipinski definition) is 1. The molecule has 2 atom stereocenters. The monoisotopic (exact) mass is 249 g/mol. The van der Waals surface area contributed by atoms with E-state index in [2.05, 4.69) is 22.7 Å². The summed E-state index contributed by atoms with van der Waals surface area (Å²) in [5.74, 6) is 2.72. The van der Waals surface area contributed by atoms with Crippen LogP contribution in [-0.4, -0.2) is 16.1 Å². The number of aryl methyl sites for hydroxylation is 1. The summed E-state index contributed by atoms with van der Waals surface area (Å²) in [5.41, 5.74) is 5.96. The Morgan fingerprint density at radius 2 is 2.06 bits per heavy atom. The van der Waals surface area contributed by atoms with Crippen LogP contribution in [0.1, 0.15) is 51.3 Å². The van der Waals surface area contributed by atoms with E-state index in [1.165, 1.54) is 44.3 Å². The van der Waals surface area contributed by atoms with Crippen LogP contribution in [0.5, 0.6) is 0 Å². The summed E-state index contributed by atoms with van der Waals surface area (Å²) in [6.45, 7) is 4.16. The summed E-state index contributed by atoms with van der Waals surface area (Å²) < 4.78 is 2.32. The highest BCUT2D eigenvalue weighted by molar-refractivity contribution is 4.95. The molecule has 1 aliphatic rings. The van der Waals surface area contributed by atoms with Crippen LogP contribution in [-0.2, 0) is 13.0 Å². The number of nitrogens with zero attached hydrogens (tertiary/aromatic N) is 2. The van der Waals surface area contributed by atoms with Gasteiger partial charge in [0, 0.05) is 25.4 Å². The van der Waals surface area contributed by atoms with E-state index < -0.39 is 0 Å². The second-order valence-corrected chi connectivity index (χ2v) is 5.63. The van der Waals surface area contributed by atoms with E-state index in [1.807, 2.05) is 6.20 Å². The summed E-state index contributed by atoms with van der Waals surface area (Å²) in [7, 11) is 0. The van der Waals surface area contributed by atoms with Crippen molar-refractivity contribution >= 4 is 0 Å². The lowest BCUT2D eigenvalue weighted by atomic mass is 9.85. The van der Waals surface area contributed by atoms with E-state index in [-0.39, 0.29) is 0 Å². The van der Waals surface area contributed by atoms with Crippen molar-refractivity contribution in [2.75, 3.05) is 6.54 Å². The van der Waals surface area contributed by atoms with Crippen molar-refractivity contribution < 1.29 is 0 Å². The van der Waals surface area contributed by atoms with Gasteiger partial charge in [-0.3, -0.25) is 0 Å². The van der Waals surface area contributed by atoms with Gasteiger partial charge in [-0.2, -0.15) is 0 Å². The first-order valence-corrected chi connectivity index (χ1v) is 7.55. The molecule has 1 heterocycles. The molecule has 0 spiro atoms. The van der Waals surface area contributed by atoms with E-state index >= 15 is 0 Å². The second kappa shape index (κ2) is 6.93. The predicted octanol–water partition coefficient (Wildman–Crippen LogP) is 2.99. The molecular formula is C15H27N3. The molecule has 1 aliphatic carbocycles. The van der Waals surface area contributed by atoms with Crippen molar-refractivity contribution in [3.05, 3.63) is 18.2 Å². The highest BCUT2D eigenvalue weighted by atomic mass is 15.1. The van der Waals surface area contributed by atoms with Crippen molar-refractivity contribution in [1.82, 2.24) is 9.55 Å². The van der Waals surface area contributed by atoms with Crippen LogP contribution in [0, 0.1) is 11.8 Å². The average Bonchev–Trinajstić information content (AvgIpc) is 2.68. The molecule has 2 rings (SSSR count). The van der Waals surface area contributed by atoms with E-state index in [4.69, 9.17) is 5.73 Å². The first kappa shape index (κ1) is 13.6. The number of imidazole rings is 1. The molecule has 1 fully saturated rings. The van der Waals surface area contributed by atoms with Crippen molar-refractivity contribution in [3.63, 3.8) is 0 Å². The van der Waals surface area contributed by atoms with Gasteiger partial charge < -0.3 is 10.3 Å². The Hall–Kier alpha value is -0.830. The van der Waals surface area contributed by atoms with Crippen molar-refractivity contribution in [1.29, 1.82) is 0 Å². The van der Waals surface area contributed by atoms with Crippen LogP contribution in [0.4, 0.5) is 0 Å². The molecule has 2 unspecified atom stereocenters. The predicted molar refractivity (Wildman–Crippen MR) is 75.3 cm³/mol.